The van der Waals surface area contributed by atoms with Crippen LogP contribution in [0.15, 0.2) is 35.9 Å². The summed E-state index contributed by atoms with van der Waals surface area (Å²) < 4.78 is 38.6. The monoisotopic (exact) mass is 367 g/mol. The number of imide groups is 1. The third-order valence-electron chi connectivity index (χ3n) is 4.91. The van der Waals surface area contributed by atoms with Crippen LogP contribution in [0.2, 0.25) is 0 Å². The van der Waals surface area contributed by atoms with Crippen molar-refractivity contribution in [3.05, 3.63) is 41.5 Å². The maximum absolute atomic E-state index is 12.9. The zero-order valence-corrected chi connectivity index (χ0v) is 14.4. The van der Waals surface area contributed by atoms with E-state index in [0.717, 1.165) is 36.3 Å². The van der Waals surface area contributed by atoms with Gasteiger partial charge in [0.15, 0.2) is 6.04 Å². The lowest BCUT2D eigenvalue weighted by Gasteiger charge is -2.16. The van der Waals surface area contributed by atoms with Gasteiger partial charge in [-0.05, 0) is 43.9 Å². The van der Waals surface area contributed by atoms with Gasteiger partial charge < -0.3 is 5.32 Å². The Morgan fingerprint density at radius 3 is 2.69 bits per heavy atom. The third kappa shape index (κ3) is 4.15. The molecule has 1 heterocycles. The number of amides is 2. The lowest BCUT2D eigenvalue weighted by Crippen LogP contribution is -2.91. The van der Waals surface area contributed by atoms with Gasteiger partial charge in [-0.15, -0.1) is 0 Å². The summed E-state index contributed by atoms with van der Waals surface area (Å²) in [5.74, 6) is -0.889. The topological polar surface area (TPSA) is 54.0 Å². The largest absolute Gasteiger partial charge is 0.416 e. The summed E-state index contributed by atoms with van der Waals surface area (Å²) in [4.78, 5) is 25.6. The number of nitrogens with two attached hydrogens (primary N) is 1. The van der Waals surface area contributed by atoms with E-state index in [0.29, 0.717) is 6.54 Å². The summed E-state index contributed by atoms with van der Waals surface area (Å²) >= 11 is 0. The number of benzene rings is 1. The van der Waals surface area contributed by atoms with Crippen LogP contribution in [-0.2, 0) is 15.8 Å². The Labute approximate surface area is 150 Å². The van der Waals surface area contributed by atoms with Gasteiger partial charge in [-0.2, -0.15) is 13.2 Å². The van der Waals surface area contributed by atoms with Crippen molar-refractivity contribution in [2.24, 2.45) is 0 Å². The minimum atomic E-state index is -4.51. The maximum Gasteiger partial charge on any atom is 0.416 e. The quantitative estimate of drug-likeness (QED) is 0.643. The van der Waals surface area contributed by atoms with Gasteiger partial charge in [0, 0.05) is 6.42 Å². The Morgan fingerprint density at radius 2 is 2.00 bits per heavy atom. The highest BCUT2D eigenvalue weighted by molar-refractivity contribution is 6.21. The molecule has 2 aliphatic rings. The number of allylic oxidation sites excluding steroid dienone is 1. The zero-order chi connectivity index (χ0) is 18.7. The number of hydrogen-bond acceptors (Lipinski definition) is 2. The minimum Gasteiger partial charge on any atom is -0.335 e. The van der Waals surface area contributed by atoms with E-state index in [1.54, 1.807) is 0 Å². The van der Waals surface area contributed by atoms with Gasteiger partial charge in [0.1, 0.15) is 0 Å². The van der Waals surface area contributed by atoms with Crippen LogP contribution in [0, 0.1) is 0 Å². The molecule has 0 bridgehead atoms. The molecular weight excluding hydrogens is 345 g/mol. The van der Waals surface area contributed by atoms with E-state index in [2.05, 4.69) is 6.08 Å². The molecule has 3 rings (SSSR count). The first-order chi connectivity index (χ1) is 12.4. The average Bonchev–Trinajstić information content (AvgIpc) is 2.89. The van der Waals surface area contributed by atoms with Crippen LogP contribution in [0.3, 0.4) is 0 Å². The first-order valence-corrected chi connectivity index (χ1v) is 8.91. The van der Waals surface area contributed by atoms with E-state index in [4.69, 9.17) is 0 Å². The number of alkyl halides is 3. The Kier molecular flexibility index (Phi) is 5.46. The van der Waals surface area contributed by atoms with E-state index in [9.17, 15) is 22.8 Å². The number of rotatable bonds is 5. The fourth-order valence-corrected chi connectivity index (χ4v) is 3.53. The standard InChI is InChI=1S/C19H21F3N2O2/c20-19(21,22)14-7-4-8-15(11-14)24-17(25)12-16(18(24)26)23-10-9-13-5-2-1-3-6-13/h4-5,7-8,11,16,23H,1-3,6,9-10,12H2/p+1/t16-/m1/s1. The fourth-order valence-electron chi connectivity index (χ4n) is 3.53. The van der Waals surface area contributed by atoms with Crippen LogP contribution in [0.25, 0.3) is 0 Å². The van der Waals surface area contributed by atoms with Gasteiger partial charge in [-0.3, -0.25) is 9.59 Å². The van der Waals surface area contributed by atoms with Crippen LogP contribution < -0.4 is 10.2 Å². The van der Waals surface area contributed by atoms with Gasteiger partial charge in [-0.1, -0.05) is 17.7 Å². The smallest absolute Gasteiger partial charge is 0.335 e. The molecule has 1 atom stereocenters. The van der Waals surface area contributed by atoms with Crippen LogP contribution in [0.1, 0.15) is 44.1 Å². The average molecular weight is 367 g/mol. The molecule has 1 aliphatic carbocycles. The summed E-state index contributed by atoms with van der Waals surface area (Å²) in [5, 5.41) is 1.84. The minimum absolute atomic E-state index is 0.0132. The van der Waals surface area contributed by atoms with Gasteiger partial charge in [0.25, 0.3) is 5.91 Å². The molecule has 2 amide bonds. The van der Waals surface area contributed by atoms with Gasteiger partial charge in [0.05, 0.1) is 24.2 Å². The highest BCUT2D eigenvalue weighted by Crippen LogP contribution is 2.32. The summed E-state index contributed by atoms with van der Waals surface area (Å²) in [6.45, 7) is 0.700. The van der Waals surface area contributed by atoms with Crippen LogP contribution >= 0.6 is 0 Å². The zero-order valence-electron chi connectivity index (χ0n) is 14.4. The molecule has 0 saturated carbocycles. The lowest BCUT2D eigenvalue weighted by atomic mass is 9.97. The highest BCUT2D eigenvalue weighted by Gasteiger charge is 2.42. The Bertz CT molecular complexity index is 728. The number of anilines is 1. The van der Waals surface area contributed by atoms with Crippen LogP contribution in [0.4, 0.5) is 18.9 Å². The molecule has 1 saturated heterocycles. The summed E-state index contributed by atoms with van der Waals surface area (Å²) in [6.07, 6.45) is 3.22. The fraction of sp³-hybridized carbons (Fsp3) is 0.474. The number of nitrogens with zero attached hydrogens (tertiary/aromatic N) is 1. The molecule has 4 nitrogen and oxygen atoms in total. The molecule has 7 heteroatoms. The maximum atomic E-state index is 12.9. The second-order valence-electron chi connectivity index (χ2n) is 6.81. The van der Waals surface area contributed by atoms with E-state index >= 15 is 0 Å². The van der Waals surface area contributed by atoms with Crippen molar-refractivity contribution in [3.8, 4) is 0 Å². The molecule has 1 aliphatic heterocycles. The van der Waals surface area contributed by atoms with Crippen LogP contribution in [0.5, 0.6) is 0 Å². The number of hydrogen-bond donors (Lipinski definition) is 1. The SMILES string of the molecule is O=C1C[C@@H]([NH2+]CCC2=CCCCC2)C(=O)N1c1cccc(C(F)(F)F)c1. The Balaban J connectivity index is 1.64. The van der Waals surface area contributed by atoms with Gasteiger partial charge in [0.2, 0.25) is 5.91 Å². The second-order valence-corrected chi connectivity index (χ2v) is 6.81. The van der Waals surface area contributed by atoms with Crippen LogP contribution in [-0.4, -0.2) is 24.4 Å². The molecule has 0 spiro atoms. The first-order valence-electron chi connectivity index (χ1n) is 8.91. The number of quaternary nitrogens is 1. The molecule has 0 unspecified atom stereocenters. The van der Waals surface area contributed by atoms with E-state index in [1.807, 2.05) is 5.32 Å². The molecule has 26 heavy (non-hydrogen) atoms. The first kappa shape index (κ1) is 18.6. The summed E-state index contributed by atoms with van der Waals surface area (Å²) in [7, 11) is 0. The lowest BCUT2D eigenvalue weighted by molar-refractivity contribution is -0.674. The number of carbonyl (C=O) groups is 2. The predicted molar refractivity (Wildman–Crippen MR) is 90.3 cm³/mol. The van der Waals surface area contributed by atoms with Crippen molar-refractivity contribution >= 4 is 17.5 Å². The van der Waals surface area contributed by atoms with Crippen molar-refractivity contribution in [1.82, 2.24) is 0 Å². The molecule has 0 radical (unpaired) electrons. The normalized spacial score (nSPS) is 21.3. The van der Waals surface area contributed by atoms with Crippen molar-refractivity contribution in [2.75, 3.05) is 11.4 Å². The number of carbonyl (C=O) groups excluding carboxylic acids is 2. The number of halogens is 3. The molecule has 1 aromatic carbocycles. The van der Waals surface area contributed by atoms with E-state index in [-0.39, 0.29) is 12.1 Å². The predicted octanol–water partition coefficient (Wildman–Crippen LogP) is 2.79. The van der Waals surface area contributed by atoms with Crippen molar-refractivity contribution in [2.45, 2.75) is 50.7 Å². The molecule has 0 aromatic heterocycles. The second kappa shape index (κ2) is 7.61. The summed E-state index contributed by atoms with van der Waals surface area (Å²) in [6, 6.07) is 3.80. The third-order valence-corrected chi connectivity index (χ3v) is 4.91. The molecule has 140 valence electrons. The van der Waals surface area contributed by atoms with Crippen molar-refractivity contribution in [1.29, 1.82) is 0 Å². The summed E-state index contributed by atoms with van der Waals surface area (Å²) in [5.41, 5.74) is 0.506. The van der Waals surface area contributed by atoms with Crippen molar-refractivity contribution < 1.29 is 28.1 Å². The Hall–Kier alpha value is -2.15. The highest BCUT2D eigenvalue weighted by atomic mass is 19.4. The van der Waals surface area contributed by atoms with Gasteiger partial charge in [-0.25, -0.2) is 4.90 Å². The van der Waals surface area contributed by atoms with Gasteiger partial charge >= 0.3 is 6.18 Å². The van der Waals surface area contributed by atoms with Crippen molar-refractivity contribution in [3.63, 3.8) is 0 Å². The molecule has 2 N–H and O–H groups in total. The molecular formula is C19H22F3N2O2+. The Morgan fingerprint density at radius 1 is 1.19 bits per heavy atom. The molecule has 1 aromatic rings. The molecule has 1 fully saturated rings. The van der Waals surface area contributed by atoms with E-state index < -0.39 is 29.6 Å². The van der Waals surface area contributed by atoms with E-state index in [1.165, 1.54) is 30.5 Å².